The van der Waals surface area contributed by atoms with Gasteiger partial charge in [-0.1, -0.05) is 59.8 Å². The molecule has 2 aliphatic heterocycles. The van der Waals surface area contributed by atoms with Crippen LogP contribution < -0.4 is 0 Å². The molecule has 6 rings (SSSR count). The third-order valence-corrected chi connectivity index (χ3v) is 7.12. The van der Waals surface area contributed by atoms with Crippen LogP contribution >= 0.6 is 0 Å². The Kier molecular flexibility index (Phi) is 6.97. The van der Waals surface area contributed by atoms with Gasteiger partial charge in [-0.15, -0.1) is 5.10 Å². The van der Waals surface area contributed by atoms with E-state index in [1.54, 1.807) is 34.7 Å². The highest BCUT2D eigenvalue weighted by Crippen LogP contribution is 2.35. The molecule has 0 radical (unpaired) electrons. The van der Waals surface area contributed by atoms with Gasteiger partial charge >= 0.3 is 6.09 Å². The van der Waals surface area contributed by atoms with Crippen molar-refractivity contribution in [2.45, 2.75) is 37.9 Å². The number of piperidine rings is 1. The fourth-order valence-electron chi connectivity index (χ4n) is 4.91. The van der Waals surface area contributed by atoms with Crippen molar-refractivity contribution in [3.63, 3.8) is 0 Å². The molecule has 2 fully saturated rings. The minimum Gasteiger partial charge on any atom is -0.441 e. The molecule has 3 aromatic carbocycles. The number of likely N-dealkylation sites (tertiary alicyclic amines) is 1. The van der Waals surface area contributed by atoms with Crippen LogP contribution in [0.5, 0.6) is 0 Å². The molecule has 0 N–H and O–H groups in total. The molecule has 11 heteroatoms. The van der Waals surface area contributed by atoms with E-state index in [1.165, 1.54) is 6.07 Å². The van der Waals surface area contributed by atoms with Crippen LogP contribution in [-0.2, 0) is 20.8 Å². The number of carbonyl (C=O) groups is 1. The van der Waals surface area contributed by atoms with Crippen LogP contribution in [0, 0.1) is 10.1 Å². The molecule has 2 saturated heterocycles. The maximum Gasteiger partial charge on any atom is 0.410 e. The van der Waals surface area contributed by atoms with Gasteiger partial charge in [0.05, 0.1) is 42.1 Å². The number of fused-ring (bicyclic) bond motifs is 1. The minimum atomic E-state index is -0.779. The Morgan fingerprint density at radius 3 is 2.60 bits per heavy atom. The largest absolute Gasteiger partial charge is 0.441 e. The molecule has 4 aromatic rings. The number of benzene rings is 3. The van der Waals surface area contributed by atoms with E-state index < -0.39 is 17.1 Å². The third kappa shape index (κ3) is 5.42. The van der Waals surface area contributed by atoms with Gasteiger partial charge < -0.3 is 19.1 Å². The molecule has 0 bridgehead atoms. The summed E-state index contributed by atoms with van der Waals surface area (Å²) in [6.07, 6.45) is 0.0661. The molecule has 1 amide bonds. The normalized spacial score (nSPS) is 20.4. The van der Waals surface area contributed by atoms with Crippen LogP contribution in [0.15, 0.2) is 85.1 Å². The molecule has 1 unspecified atom stereocenters. The lowest BCUT2D eigenvalue weighted by atomic mass is 10.1. The monoisotopic (exact) mass is 541 g/mol. The summed E-state index contributed by atoms with van der Waals surface area (Å²) < 4.78 is 19.2. The lowest BCUT2D eigenvalue weighted by molar-refractivity contribution is -0.386. The highest BCUT2D eigenvalue weighted by Gasteiger charge is 2.52. The van der Waals surface area contributed by atoms with Crippen LogP contribution in [0.3, 0.4) is 0 Å². The smallest absolute Gasteiger partial charge is 0.410 e. The van der Waals surface area contributed by atoms with Gasteiger partial charge in [0.1, 0.15) is 30.1 Å². The second-order valence-corrected chi connectivity index (χ2v) is 9.82. The summed E-state index contributed by atoms with van der Waals surface area (Å²) in [5.41, 5.74) is 3.90. The van der Waals surface area contributed by atoms with Gasteiger partial charge in [0.25, 0.3) is 5.69 Å². The van der Waals surface area contributed by atoms with Crippen molar-refractivity contribution in [2.75, 3.05) is 13.1 Å². The second-order valence-electron chi connectivity index (χ2n) is 9.82. The number of nitrogens with zero attached hydrogens (tertiary/aromatic N) is 5. The molecule has 0 aliphatic carbocycles. The van der Waals surface area contributed by atoms with E-state index in [0.717, 1.165) is 22.5 Å². The molecule has 204 valence electrons. The first kappa shape index (κ1) is 25.7. The van der Waals surface area contributed by atoms with Crippen molar-refractivity contribution in [1.82, 2.24) is 19.9 Å². The number of rotatable bonds is 8. The maximum absolute atomic E-state index is 12.9. The zero-order chi connectivity index (χ0) is 27.6. The maximum atomic E-state index is 12.9. The quantitative estimate of drug-likeness (QED) is 0.178. The van der Waals surface area contributed by atoms with Crippen LogP contribution in [0.1, 0.15) is 24.2 Å². The summed E-state index contributed by atoms with van der Waals surface area (Å²) in [5, 5.41) is 19.9. The first-order chi connectivity index (χ1) is 19.5. The number of carbonyl (C=O) groups excluding carboxylic acids is 1. The molecule has 0 spiro atoms. The van der Waals surface area contributed by atoms with E-state index in [2.05, 4.69) is 10.3 Å². The number of hydrogen-bond donors (Lipinski definition) is 0. The number of nitro benzene ring substituents is 1. The Morgan fingerprint density at radius 2 is 1.82 bits per heavy atom. The number of ether oxygens (including phenoxy) is 3. The summed E-state index contributed by atoms with van der Waals surface area (Å²) in [6.45, 7) is 2.67. The summed E-state index contributed by atoms with van der Waals surface area (Å²) in [6, 6.07) is 24.0. The number of epoxide rings is 1. The van der Waals surface area contributed by atoms with Gasteiger partial charge in [-0.05, 0) is 30.7 Å². The van der Waals surface area contributed by atoms with Gasteiger partial charge in [-0.25, -0.2) is 9.48 Å². The van der Waals surface area contributed by atoms with Crippen molar-refractivity contribution in [1.29, 1.82) is 0 Å². The van der Waals surface area contributed by atoms with E-state index in [1.807, 2.05) is 60.8 Å². The highest BCUT2D eigenvalue weighted by molar-refractivity contribution is 5.68. The van der Waals surface area contributed by atoms with Gasteiger partial charge in [-0.3, -0.25) is 10.1 Å². The third-order valence-electron chi connectivity index (χ3n) is 7.12. The Balaban J connectivity index is 1.05. The van der Waals surface area contributed by atoms with E-state index in [0.29, 0.717) is 25.3 Å². The van der Waals surface area contributed by atoms with Crippen LogP contribution in [0.25, 0.3) is 16.9 Å². The molecule has 2 aliphatic rings. The summed E-state index contributed by atoms with van der Waals surface area (Å²) in [4.78, 5) is 25.3. The molecular formula is C29H27N5O6. The number of nitro groups is 1. The van der Waals surface area contributed by atoms with E-state index >= 15 is 0 Å². The predicted octanol–water partition coefficient (Wildman–Crippen LogP) is 4.71. The van der Waals surface area contributed by atoms with Crippen LogP contribution in [0.2, 0.25) is 0 Å². The fourth-order valence-corrected chi connectivity index (χ4v) is 4.91. The average Bonchev–Trinajstić information content (AvgIpc) is 3.61. The number of aromatic nitrogens is 3. The van der Waals surface area contributed by atoms with Crippen LogP contribution in [-0.4, -0.2) is 62.3 Å². The molecule has 11 nitrogen and oxygen atoms in total. The van der Waals surface area contributed by atoms with Crippen molar-refractivity contribution in [3.05, 3.63) is 106 Å². The second kappa shape index (κ2) is 10.9. The number of hydrogen-bond acceptors (Lipinski definition) is 8. The van der Waals surface area contributed by atoms with Gasteiger partial charge in [0.15, 0.2) is 0 Å². The lowest BCUT2D eigenvalue weighted by Gasteiger charge is -2.30. The summed E-state index contributed by atoms with van der Waals surface area (Å²) in [5.74, 6) is 0. The molecule has 4 atom stereocenters. The average molecular weight is 542 g/mol. The van der Waals surface area contributed by atoms with Gasteiger partial charge in [-0.2, -0.15) is 0 Å². The Labute approximate surface area is 230 Å². The van der Waals surface area contributed by atoms with Gasteiger partial charge in [0, 0.05) is 11.6 Å². The van der Waals surface area contributed by atoms with E-state index in [9.17, 15) is 14.9 Å². The number of amides is 1. The van der Waals surface area contributed by atoms with Crippen molar-refractivity contribution < 1.29 is 23.9 Å². The molecule has 1 aromatic heterocycles. The van der Waals surface area contributed by atoms with Gasteiger partial charge in [0.2, 0.25) is 0 Å². The zero-order valence-electron chi connectivity index (χ0n) is 21.7. The Bertz CT molecular complexity index is 1510. The van der Waals surface area contributed by atoms with E-state index in [4.69, 9.17) is 14.2 Å². The Hall–Kier alpha value is -4.61. The molecule has 40 heavy (non-hydrogen) atoms. The van der Waals surface area contributed by atoms with Crippen molar-refractivity contribution in [3.8, 4) is 16.9 Å². The Morgan fingerprint density at radius 1 is 1.07 bits per heavy atom. The highest BCUT2D eigenvalue weighted by atomic mass is 16.6. The first-order valence-electron chi connectivity index (χ1n) is 13.0. The molecule has 3 heterocycles. The topological polar surface area (TPSA) is 125 Å². The zero-order valence-corrected chi connectivity index (χ0v) is 21.7. The number of para-hydroxylation sites is 1. The predicted molar refractivity (Wildman–Crippen MR) is 144 cm³/mol. The molecular weight excluding hydrogens is 514 g/mol. The summed E-state index contributed by atoms with van der Waals surface area (Å²) in [7, 11) is 0. The summed E-state index contributed by atoms with van der Waals surface area (Å²) >= 11 is 0. The van der Waals surface area contributed by atoms with Crippen LogP contribution in [0.4, 0.5) is 10.5 Å². The lowest BCUT2D eigenvalue weighted by Crippen LogP contribution is -2.48. The van der Waals surface area contributed by atoms with Crippen molar-refractivity contribution >= 4 is 11.8 Å². The standard InChI is InChI=1S/C29H27N5O6/c1-19(23-9-5-6-10-25(23)34(36)37)39-29(35)32-16-26(28-27(17-32)40-28)38-18-20-11-13-22(14-12-20)33-15-24(30-31-33)21-7-3-2-4-8-21/h2-15,19,26-28H,16-18H2,1H3/t19?,26-,27-,28-/m1/s1. The SMILES string of the molecule is CC(OC(=O)N1C[C@@H](OCc2ccc(-n3cc(-c4ccccc4)nn3)cc2)[C@H]2O[C@@H]2C1)c1ccccc1[N+](=O)[O-]. The fraction of sp³-hybridized carbons (Fsp3) is 0.276. The van der Waals surface area contributed by atoms with E-state index in [-0.39, 0.29) is 24.0 Å². The van der Waals surface area contributed by atoms with Crippen molar-refractivity contribution in [2.24, 2.45) is 0 Å². The first-order valence-corrected chi connectivity index (χ1v) is 13.0. The molecule has 0 saturated carbocycles. The minimum absolute atomic E-state index is 0.0671.